The fourth-order valence-corrected chi connectivity index (χ4v) is 7.81. The quantitative estimate of drug-likeness (QED) is 0.291. The highest BCUT2D eigenvalue weighted by Crippen LogP contribution is 2.59. The van der Waals surface area contributed by atoms with E-state index in [9.17, 15) is 24.3 Å². The molecule has 7 rings (SSSR count). The van der Waals surface area contributed by atoms with Gasteiger partial charge in [0, 0.05) is 21.5 Å². The molecule has 2 heterocycles. The Balaban J connectivity index is 1.35. The molecule has 42 heavy (non-hydrogen) atoms. The fraction of sp³-hybridized carbons (Fsp3) is 0.273. The van der Waals surface area contributed by atoms with Crippen LogP contribution in [0.5, 0.6) is 5.75 Å². The molecule has 4 amide bonds. The van der Waals surface area contributed by atoms with E-state index in [0.29, 0.717) is 39.0 Å². The van der Waals surface area contributed by atoms with Crippen LogP contribution in [0.3, 0.4) is 0 Å². The normalized spacial score (nSPS) is 28.5. The first-order chi connectivity index (χ1) is 20.2. The molecule has 2 aliphatic heterocycles. The van der Waals surface area contributed by atoms with Gasteiger partial charge in [-0.3, -0.25) is 29.0 Å². The zero-order valence-electron chi connectivity index (χ0n) is 22.5. The minimum atomic E-state index is -0.764. The molecule has 212 valence electrons. The summed E-state index contributed by atoms with van der Waals surface area (Å²) in [6, 6.07) is 18.5. The third-order valence-electron chi connectivity index (χ3n) is 9.42. The van der Waals surface area contributed by atoms with Crippen molar-refractivity contribution in [2.45, 2.75) is 25.7 Å². The van der Waals surface area contributed by atoms with Crippen LogP contribution in [-0.4, -0.2) is 28.7 Å². The number of halogens is 2. The zero-order chi connectivity index (χ0) is 29.4. The number of hydrogen-bond acceptors (Lipinski definition) is 5. The van der Waals surface area contributed by atoms with E-state index in [4.69, 9.17) is 23.2 Å². The average molecular weight is 601 g/mol. The summed E-state index contributed by atoms with van der Waals surface area (Å²) in [7, 11) is 0. The van der Waals surface area contributed by atoms with Gasteiger partial charge in [-0.2, -0.15) is 0 Å². The maximum absolute atomic E-state index is 14.1. The topological polar surface area (TPSA) is 95.0 Å². The summed E-state index contributed by atoms with van der Waals surface area (Å²) in [6.07, 6.45) is 2.55. The summed E-state index contributed by atoms with van der Waals surface area (Å²) in [4.78, 5) is 58.2. The standard InChI is InChI=1S/C33H26Cl2N2O5/c1-16-3-2-4-22(29(16)38)26-21-13-14-23-27(32(41)36(30(23)39)19-9-5-17(34)6-10-19)24(21)15-25-28(26)33(42)37(31(25)40)20-11-7-18(35)8-12-20/h2-13,23-28,38H,14-15H2,1H3. The molecule has 0 bridgehead atoms. The molecule has 7 nitrogen and oxygen atoms in total. The SMILES string of the molecule is Cc1cccc(C2C3=CCC4C(=O)N(c5ccc(Cl)cc5)C(=O)C4C3CC3C(=O)N(c4ccc(Cl)cc4)C(=O)C32)c1O. The van der Waals surface area contributed by atoms with Crippen molar-refractivity contribution in [3.63, 3.8) is 0 Å². The van der Waals surface area contributed by atoms with Crippen LogP contribution in [0.25, 0.3) is 0 Å². The van der Waals surface area contributed by atoms with Gasteiger partial charge in [0.2, 0.25) is 23.6 Å². The number of nitrogens with zero attached hydrogens (tertiary/aromatic N) is 2. The molecule has 9 heteroatoms. The number of hydrogen-bond donors (Lipinski definition) is 1. The van der Waals surface area contributed by atoms with Crippen molar-refractivity contribution in [1.29, 1.82) is 0 Å². The molecule has 6 unspecified atom stereocenters. The van der Waals surface area contributed by atoms with Gasteiger partial charge in [0.15, 0.2) is 0 Å². The molecular formula is C33H26Cl2N2O5. The van der Waals surface area contributed by atoms with Crippen LogP contribution in [0.1, 0.15) is 29.9 Å². The van der Waals surface area contributed by atoms with Crippen LogP contribution in [0.4, 0.5) is 11.4 Å². The molecule has 3 aromatic rings. The molecule has 0 spiro atoms. The third kappa shape index (κ3) is 3.87. The Morgan fingerprint density at radius 3 is 1.83 bits per heavy atom. The second-order valence-corrected chi connectivity index (χ2v) is 12.4. The lowest BCUT2D eigenvalue weighted by Crippen LogP contribution is -2.43. The number of amides is 4. The van der Waals surface area contributed by atoms with E-state index in [-0.39, 0.29) is 35.8 Å². The maximum Gasteiger partial charge on any atom is 0.238 e. The third-order valence-corrected chi connectivity index (χ3v) is 9.93. The molecule has 1 saturated carbocycles. The number of para-hydroxylation sites is 1. The average Bonchev–Trinajstić information content (AvgIpc) is 3.38. The summed E-state index contributed by atoms with van der Waals surface area (Å²) in [6.45, 7) is 1.78. The Bertz CT molecular complexity index is 1700. The van der Waals surface area contributed by atoms with Crippen LogP contribution in [0, 0.1) is 36.5 Å². The number of anilines is 2. The van der Waals surface area contributed by atoms with Crippen molar-refractivity contribution in [3.8, 4) is 5.75 Å². The summed E-state index contributed by atoms with van der Waals surface area (Å²) in [5.74, 6) is -5.08. The van der Waals surface area contributed by atoms with E-state index in [1.165, 1.54) is 9.80 Å². The number of aromatic hydroxyl groups is 1. The first kappa shape index (κ1) is 26.9. The number of fused-ring (bicyclic) bond motifs is 4. The number of allylic oxidation sites excluding steroid dienone is 2. The number of carbonyl (C=O) groups is 4. The van der Waals surface area contributed by atoms with E-state index in [0.717, 1.165) is 5.57 Å². The molecule has 3 fully saturated rings. The van der Waals surface area contributed by atoms with Gasteiger partial charge < -0.3 is 5.11 Å². The monoisotopic (exact) mass is 600 g/mol. The second-order valence-electron chi connectivity index (χ2n) is 11.5. The van der Waals surface area contributed by atoms with Crippen molar-refractivity contribution in [2.75, 3.05) is 9.80 Å². The van der Waals surface area contributed by atoms with Crippen LogP contribution < -0.4 is 9.80 Å². The highest BCUT2D eigenvalue weighted by atomic mass is 35.5. The maximum atomic E-state index is 14.1. The Hall–Kier alpha value is -3.94. The van der Waals surface area contributed by atoms with Crippen LogP contribution in [0.2, 0.25) is 10.0 Å². The van der Waals surface area contributed by atoms with E-state index in [1.807, 2.05) is 12.1 Å². The van der Waals surface area contributed by atoms with E-state index >= 15 is 0 Å². The van der Waals surface area contributed by atoms with Crippen molar-refractivity contribution in [3.05, 3.63) is 99.6 Å². The summed E-state index contributed by atoms with van der Waals surface area (Å²) >= 11 is 12.1. The first-order valence-corrected chi connectivity index (χ1v) is 14.7. The van der Waals surface area contributed by atoms with Crippen molar-refractivity contribution in [2.24, 2.45) is 29.6 Å². The number of phenolic OH excluding ortho intramolecular Hbond substituents is 1. The largest absolute Gasteiger partial charge is 0.507 e. The lowest BCUT2D eigenvalue weighted by atomic mass is 9.57. The Morgan fingerprint density at radius 2 is 1.24 bits per heavy atom. The predicted octanol–water partition coefficient (Wildman–Crippen LogP) is 6.05. The number of carbonyl (C=O) groups excluding carboxylic acids is 4. The molecule has 6 atom stereocenters. The number of benzene rings is 3. The van der Waals surface area contributed by atoms with Gasteiger partial charge in [-0.25, -0.2) is 0 Å². The molecule has 0 radical (unpaired) electrons. The van der Waals surface area contributed by atoms with Gasteiger partial charge in [0.05, 0.1) is 35.0 Å². The van der Waals surface area contributed by atoms with Crippen LogP contribution in [-0.2, 0) is 19.2 Å². The lowest BCUT2D eigenvalue weighted by Gasteiger charge is -2.44. The highest BCUT2D eigenvalue weighted by molar-refractivity contribution is 6.31. The molecule has 3 aromatic carbocycles. The Labute approximate surface area is 252 Å². The Kier molecular flexibility index (Phi) is 6.29. The second kappa shape index (κ2) is 9.82. The number of imide groups is 2. The summed E-state index contributed by atoms with van der Waals surface area (Å²) < 4.78 is 0. The van der Waals surface area contributed by atoms with Crippen molar-refractivity contribution >= 4 is 58.2 Å². The van der Waals surface area contributed by atoms with Gasteiger partial charge in [0.1, 0.15) is 5.75 Å². The summed E-state index contributed by atoms with van der Waals surface area (Å²) in [5, 5.41) is 12.2. The number of phenols is 1. The zero-order valence-corrected chi connectivity index (χ0v) is 24.0. The number of rotatable bonds is 3. The minimum Gasteiger partial charge on any atom is -0.507 e. The van der Waals surface area contributed by atoms with Crippen molar-refractivity contribution < 1.29 is 24.3 Å². The van der Waals surface area contributed by atoms with Crippen LogP contribution in [0.15, 0.2) is 78.4 Å². The molecule has 1 N–H and O–H groups in total. The van der Waals surface area contributed by atoms with Crippen molar-refractivity contribution in [1.82, 2.24) is 0 Å². The Morgan fingerprint density at radius 1 is 0.690 bits per heavy atom. The van der Waals surface area contributed by atoms with E-state index in [2.05, 4.69) is 0 Å². The van der Waals surface area contributed by atoms with Crippen LogP contribution >= 0.6 is 23.2 Å². The molecular weight excluding hydrogens is 575 g/mol. The van der Waals surface area contributed by atoms with E-state index < -0.39 is 35.5 Å². The van der Waals surface area contributed by atoms with E-state index in [1.54, 1.807) is 67.6 Å². The molecule has 2 aliphatic carbocycles. The molecule has 2 saturated heterocycles. The molecule has 4 aliphatic rings. The van der Waals surface area contributed by atoms with Gasteiger partial charge in [0.25, 0.3) is 0 Å². The summed E-state index contributed by atoms with van der Waals surface area (Å²) in [5.41, 5.74) is 2.90. The first-order valence-electron chi connectivity index (χ1n) is 13.9. The van der Waals surface area contributed by atoms with Gasteiger partial charge in [-0.15, -0.1) is 0 Å². The number of aryl methyl sites for hydroxylation is 1. The van der Waals surface area contributed by atoms with Gasteiger partial charge >= 0.3 is 0 Å². The van der Waals surface area contributed by atoms with Gasteiger partial charge in [-0.1, -0.05) is 53.1 Å². The fourth-order valence-electron chi connectivity index (χ4n) is 7.56. The van der Waals surface area contributed by atoms with Gasteiger partial charge in [-0.05, 0) is 79.8 Å². The predicted molar refractivity (Wildman–Crippen MR) is 158 cm³/mol. The minimum absolute atomic E-state index is 0.0618. The lowest BCUT2D eigenvalue weighted by molar-refractivity contribution is -0.126. The highest BCUT2D eigenvalue weighted by Gasteiger charge is 2.62. The smallest absolute Gasteiger partial charge is 0.238 e. The molecule has 0 aromatic heterocycles.